The van der Waals surface area contributed by atoms with Crippen molar-refractivity contribution in [2.24, 2.45) is 5.92 Å². The number of hydrogen-bond donors (Lipinski definition) is 1. The number of rotatable bonds is 4. The summed E-state index contributed by atoms with van der Waals surface area (Å²) < 4.78 is 0. The maximum atomic E-state index is 12.7. The normalized spacial score (nSPS) is 18.1. The Morgan fingerprint density at radius 2 is 2.09 bits per heavy atom. The smallest absolute Gasteiger partial charge is 0.231 e. The van der Waals surface area contributed by atoms with E-state index in [-0.39, 0.29) is 11.7 Å². The van der Waals surface area contributed by atoms with Gasteiger partial charge in [0.2, 0.25) is 5.91 Å². The number of H-pyrrole nitrogens is 1. The van der Waals surface area contributed by atoms with Gasteiger partial charge in [-0.15, -0.1) is 0 Å². The van der Waals surface area contributed by atoms with E-state index in [1.807, 2.05) is 30.5 Å². The molecule has 1 amide bonds. The summed E-state index contributed by atoms with van der Waals surface area (Å²) in [4.78, 5) is 29.3. The molecule has 23 heavy (non-hydrogen) atoms. The van der Waals surface area contributed by atoms with Gasteiger partial charge in [0.25, 0.3) is 0 Å². The van der Waals surface area contributed by atoms with Gasteiger partial charge in [0.15, 0.2) is 5.78 Å². The number of nitrogens with zero attached hydrogens (tertiary/aromatic N) is 1. The molecule has 0 spiro atoms. The number of amides is 1. The number of ketones is 1. The van der Waals surface area contributed by atoms with E-state index < -0.39 is 0 Å². The largest absolute Gasteiger partial charge is 0.361 e. The summed E-state index contributed by atoms with van der Waals surface area (Å²) in [5, 5.41) is 1.08. The van der Waals surface area contributed by atoms with Crippen molar-refractivity contribution in [1.29, 1.82) is 0 Å². The Morgan fingerprint density at radius 3 is 2.83 bits per heavy atom. The molecule has 0 saturated heterocycles. The first-order valence-electron chi connectivity index (χ1n) is 8.14. The quantitative estimate of drug-likeness (QED) is 0.940. The molecule has 1 aromatic heterocycles. The Morgan fingerprint density at radius 1 is 1.30 bits per heavy atom. The summed E-state index contributed by atoms with van der Waals surface area (Å²) >= 11 is 0. The molecule has 1 aliphatic rings. The van der Waals surface area contributed by atoms with Crippen molar-refractivity contribution in [2.75, 3.05) is 6.54 Å². The molecule has 1 unspecified atom stereocenters. The second-order valence-electron chi connectivity index (χ2n) is 6.27. The second kappa shape index (κ2) is 6.41. The minimum Gasteiger partial charge on any atom is -0.361 e. The molecule has 0 radical (unpaired) electrons. The van der Waals surface area contributed by atoms with E-state index in [1.165, 1.54) is 0 Å². The number of nitrogens with one attached hydrogen (secondary N) is 1. The van der Waals surface area contributed by atoms with Crippen LogP contribution in [0.2, 0.25) is 0 Å². The van der Waals surface area contributed by atoms with Crippen LogP contribution in [-0.4, -0.2) is 28.1 Å². The monoisotopic (exact) mass is 310 g/mol. The van der Waals surface area contributed by atoms with Gasteiger partial charge in [-0.2, -0.15) is 0 Å². The van der Waals surface area contributed by atoms with Crippen LogP contribution in [0.15, 0.2) is 42.2 Å². The number of hydrogen-bond acceptors (Lipinski definition) is 2. The van der Waals surface area contributed by atoms with Crippen molar-refractivity contribution in [2.45, 2.75) is 33.1 Å². The standard InChI is InChI=1S/C19H22N2O2/c1-3-14-8-16(13(2)22)12-21(11-14)19(23)9-15-10-20-18-7-5-4-6-17(15)18/h4-7,10,12,14,20H,3,8-9,11H2,1-2H3. The van der Waals surface area contributed by atoms with E-state index in [2.05, 4.69) is 11.9 Å². The average Bonchev–Trinajstić information content (AvgIpc) is 2.97. The highest BCUT2D eigenvalue weighted by atomic mass is 16.2. The van der Waals surface area contributed by atoms with Gasteiger partial charge in [-0.3, -0.25) is 9.59 Å². The number of fused-ring (bicyclic) bond motifs is 1. The van der Waals surface area contributed by atoms with Crippen LogP contribution in [0.25, 0.3) is 10.9 Å². The first-order valence-corrected chi connectivity index (χ1v) is 8.14. The van der Waals surface area contributed by atoms with Gasteiger partial charge in [0, 0.05) is 35.4 Å². The van der Waals surface area contributed by atoms with E-state index in [4.69, 9.17) is 0 Å². The second-order valence-corrected chi connectivity index (χ2v) is 6.27. The molecule has 0 fully saturated rings. The number of aromatic nitrogens is 1. The molecule has 0 aliphatic carbocycles. The van der Waals surface area contributed by atoms with Crippen LogP contribution in [-0.2, 0) is 16.0 Å². The highest BCUT2D eigenvalue weighted by Crippen LogP contribution is 2.25. The molecular weight excluding hydrogens is 288 g/mol. The molecular formula is C19H22N2O2. The fourth-order valence-corrected chi connectivity index (χ4v) is 3.17. The van der Waals surface area contributed by atoms with E-state index in [0.29, 0.717) is 18.9 Å². The number of carbonyl (C=O) groups excluding carboxylic acids is 2. The summed E-state index contributed by atoms with van der Waals surface area (Å²) in [6.07, 6.45) is 5.76. The number of Topliss-reactive ketones (excluding diaryl/α,β-unsaturated/α-hetero) is 1. The lowest BCUT2D eigenvalue weighted by Gasteiger charge is -2.30. The van der Waals surface area contributed by atoms with Crippen LogP contribution in [0, 0.1) is 5.92 Å². The maximum Gasteiger partial charge on any atom is 0.231 e. The van der Waals surface area contributed by atoms with Gasteiger partial charge >= 0.3 is 0 Å². The van der Waals surface area contributed by atoms with Gasteiger partial charge < -0.3 is 9.88 Å². The number of benzene rings is 1. The molecule has 0 bridgehead atoms. The molecule has 4 heteroatoms. The SMILES string of the molecule is CCC1CC(C(C)=O)=CN(C(=O)Cc2c[nH]c3ccccc23)C1. The van der Waals surface area contributed by atoms with Crippen molar-refractivity contribution >= 4 is 22.6 Å². The van der Waals surface area contributed by atoms with E-state index in [0.717, 1.165) is 34.9 Å². The first kappa shape index (κ1) is 15.5. The van der Waals surface area contributed by atoms with E-state index in [1.54, 1.807) is 18.0 Å². The van der Waals surface area contributed by atoms with Crippen molar-refractivity contribution < 1.29 is 9.59 Å². The molecule has 1 aromatic carbocycles. The zero-order valence-electron chi connectivity index (χ0n) is 13.6. The van der Waals surface area contributed by atoms with Gasteiger partial charge in [0.1, 0.15) is 0 Å². The molecule has 1 aliphatic heterocycles. The van der Waals surface area contributed by atoms with Gasteiger partial charge in [-0.05, 0) is 30.9 Å². The van der Waals surface area contributed by atoms with Crippen molar-refractivity contribution in [1.82, 2.24) is 9.88 Å². The lowest BCUT2D eigenvalue weighted by Crippen LogP contribution is -2.36. The minimum atomic E-state index is 0.0478. The first-order chi connectivity index (χ1) is 11.1. The van der Waals surface area contributed by atoms with Gasteiger partial charge in [-0.1, -0.05) is 31.5 Å². The fourth-order valence-electron chi connectivity index (χ4n) is 3.17. The van der Waals surface area contributed by atoms with Crippen LogP contribution in [0.3, 0.4) is 0 Å². The molecule has 2 heterocycles. The van der Waals surface area contributed by atoms with Gasteiger partial charge in [0.05, 0.1) is 6.42 Å². The molecule has 4 nitrogen and oxygen atoms in total. The number of aromatic amines is 1. The zero-order valence-corrected chi connectivity index (χ0v) is 13.6. The van der Waals surface area contributed by atoms with E-state index in [9.17, 15) is 9.59 Å². The third-order valence-corrected chi connectivity index (χ3v) is 4.64. The molecule has 3 rings (SSSR count). The maximum absolute atomic E-state index is 12.7. The fraction of sp³-hybridized carbons (Fsp3) is 0.368. The third kappa shape index (κ3) is 3.21. The number of carbonyl (C=O) groups is 2. The Kier molecular flexibility index (Phi) is 4.33. The van der Waals surface area contributed by atoms with Gasteiger partial charge in [-0.25, -0.2) is 0 Å². The average molecular weight is 310 g/mol. The Bertz CT molecular complexity index is 773. The predicted molar refractivity (Wildman–Crippen MR) is 90.9 cm³/mol. The summed E-state index contributed by atoms with van der Waals surface area (Å²) in [6.45, 7) is 4.39. The lowest BCUT2D eigenvalue weighted by atomic mass is 9.91. The van der Waals surface area contributed by atoms with Crippen molar-refractivity contribution in [3.05, 3.63) is 47.8 Å². The Labute approximate surface area is 136 Å². The van der Waals surface area contributed by atoms with Crippen LogP contribution in [0.4, 0.5) is 0 Å². The molecule has 2 aromatic rings. The summed E-state index contributed by atoms with van der Waals surface area (Å²) in [5.41, 5.74) is 2.80. The molecule has 1 atom stereocenters. The third-order valence-electron chi connectivity index (χ3n) is 4.64. The minimum absolute atomic E-state index is 0.0478. The predicted octanol–water partition coefficient (Wildman–Crippen LogP) is 3.44. The summed E-state index contributed by atoms with van der Waals surface area (Å²) in [7, 11) is 0. The van der Waals surface area contributed by atoms with Crippen molar-refractivity contribution in [3.63, 3.8) is 0 Å². The van der Waals surface area contributed by atoms with Crippen LogP contribution >= 0.6 is 0 Å². The summed E-state index contributed by atoms with van der Waals surface area (Å²) in [6, 6.07) is 7.98. The zero-order chi connectivity index (χ0) is 16.4. The van der Waals surface area contributed by atoms with Crippen LogP contribution < -0.4 is 0 Å². The van der Waals surface area contributed by atoms with Crippen LogP contribution in [0.1, 0.15) is 32.3 Å². The lowest BCUT2D eigenvalue weighted by molar-refractivity contribution is -0.128. The molecule has 1 N–H and O–H groups in total. The molecule has 0 saturated carbocycles. The van der Waals surface area contributed by atoms with Crippen LogP contribution in [0.5, 0.6) is 0 Å². The number of allylic oxidation sites excluding steroid dienone is 1. The van der Waals surface area contributed by atoms with Crippen molar-refractivity contribution in [3.8, 4) is 0 Å². The number of para-hydroxylation sites is 1. The topological polar surface area (TPSA) is 53.2 Å². The highest BCUT2D eigenvalue weighted by Gasteiger charge is 2.25. The molecule has 120 valence electrons. The Balaban J connectivity index is 1.82. The summed E-state index contributed by atoms with van der Waals surface area (Å²) in [5.74, 6) is 0.477. The Hall–Kier alpha value is -2.36. The van der Waals surface area contributed by atoms with E-state index >= 15 is 0 Å². The highest BCUT2D eigenvalue weighted by molar-refractivity contribution is 5.95.